The maximum atomic E-state index is 11.9. The molecule has 2 aromatic rings. The minimum absolute atomic E-state index is 0.0881. The van der Waals surface area contributed by atoms with Gasteiger partial charge in [-0.15, -0.1) is 0 Å². The zero-order valence-corrected chi connectivity index (χ0v) is 10.7. The van der Waals surface area contributed by atoms with Crippen LogP contribution in [0.4, 0.5) is 5.95 Å². The Labute approximate surface area is 106 Å². The molecular formula is C12H13N3O2S. The number of benzene rings is 1. The fourth-order valence-corrected chi connectivity index (χ4v) is 2.62. The number of aryl methyl sites for hydroxylation is 1. The van der Waals surface area contributed by atoms with E-state index in [9.17, 15) is 8.42 Å². The third-order valence-corrected chi connectivity index (χ3v) is 3.46. The number of nitrogens with zero attached hydrogens (tertiary/aromatic N) is 2. The third kappa shape index (κ3) is 3.53. The molecule has 94 valence electrons. The summed E-state index contributed by atoms with van der Waals surface area (Å²) in [6.07, 6.45) is 2.97. The summed E-state index contributed by atoms with van der Waals surface area (Å²) in [6.45, 7) is 1.92. The van der Waals surface area contributed by atoms with Gasteiger partial charge >= 0.3 is 0 Å². The van der Waals surface area contributed by atoms with E-state index < -0.39 is 10.0 Å². The number of sulfonamides is 1. The molecule has 1 heterocycles. The molecule has 0 aliphatic rings. The van der Waals surface area contributed by atoms with Crippen molar-refractivity contribution in [1.29, 1.82) is 0 Å². The number of hydrogen-bond donors (Lipinski definition) is 1. The predicted molar refractivity (Wildman–Crippen MR) is 69.5 cm³/mol. The highest BCUT2D eigenvalue weighted by atomic mass is 32.2. The van der Waals surface area contributed by atoms with Crippen molar-refractivity contribution in [1.82, 2.24) is 9.97 Å². The van der Waals surface area contributed by atoms with E-state index in [2.05, 4.69) is 14.7 Å². The lowest BCUT2D eigenvalue weighted by molar-refractivity contribution is 0.600. The SMILES string of the molecule is Cc1cccc(CS(=O)(=O)Nc2ncccn2)c1. The first-order valence-electron chi connectivity index (χ1n) is 5.38. The molecule has 0 aliphatic carbocycles. The maximum absolute atomic E-state index is 11.9. The predicted octanol–water partition coefficient (Wildman–Crippen LogP) is 1.73. The van der Waals surface area contributed by atoms with Gasteiger partial charge in [-0.1, -0.05) is 29.8 Å². The van der Waals surface area contributed by atoms with Crippen LogP contribution in [0.3, 0.4) is 0 Å². The van der Waals surface area contributed by atoms with Crippen LogP contribution in [0.15, 0.2) is 42.7 Å². The van der Waals surface area contributed by atoms with E-state index in [1.54, 1.807) is 12.1 Å². The van der Waals surface area contributed by atoms with E-state index in [0.29, 0.717) is 0 Å². The lowest BCUT2D eigenvalue weighted by atomic mass is 10.2. The first-order chi connectivity index (χ1) is 8.55. The quantitative estimate of drug-likeness (QED) is 0.911. The van der Waals surface area contributed by atoms with Crippen LogP contribution in [-0.2, 0) is 15.8 Å². The van der Waals surface area contributed by atoms with Gasteiger partial charge in [0.1, 0.15) is 0 Å². The molecule has 0 aliphatic heterocycles. The van der Waals surface area contributed by atoms with Crippen LogP contribution in [0.5, 0.6) is 0 Å². The van der Waals surface area contributed by atoms with Gasteiger partial charge in [0.05, 0.1) is 5.75 Å². The van der Waals surface area contributed by atoms with Gasteiger partial charge in [0, 0.05) is 12.4 Å². The van der Waals surface area contributed by atoms with Crippen molar-refractivity contribution in [2.45, 2.75) is 12.7 Å². The number of hydrogen-bond acceptors (Lipinski definition) is 4. The Bertz CT molecular complexity index is 627. The fourth-order valence-electron chi connectivity index (χ4n) is 1.55. The van der Waals surface area contributed by atoms with Crippen molar-refractivity contribution in [3.8, 4) is 0 Å². The molecule has 18 heavy (non-hydrogen) atoms. The van der Waals surface area contributed by atoms with Crippen LogP contribution in [0.1, 0.15) is 11.1 Å². The third-order valence-electron chi connectivity index (χ3n) is 2.25. The second-order valence-corrected chi connectivity index (χ2v) is 5.64. The van der Waals surface area contributed by atoms with Crippen LogP contribution in [0, 0.1) is 6.92 Å². The standard InChI is InChI=1S/C12H13N3O2S/c1-10-4-2-5-11(8-10)9-18(16,17)15-12-13-6-3-7-14-12/h2-8H,9H2,1H3,(H,13,14,15). The normalized spacial score (nSPS) is 11.2. The molecule has 0 unspecified atom stereocenters. The lowest BCUT2D eigenvalue weighted by Crippen LogP contribution is -2.16. The molecule has 5 nitrogen and oxygen atoms in total. The Balaban J connectivity index is 2.13. The van der Waals surface area contributed by atoms with Crippen molar-refractivity contribution in [3.63, 3.8) is 0 Å². The smallest absolute Gasteiger partial charge is 0.239 e. The zero-order valence-electron chi connectivity index (χ0n) is 9.87. The lowest BCUT2D eigenvalue weighted by Gasteiger charge is -2.06. The Morgan fingerprint density at radius 2 is 1.89 bits per heavy atom. The molecule has 0 saturated carbocycles. The molecule has 0 fully saturated rings. The molecule has 2 rings (SSSR count). The summed E-state index contributed by atoms with van der Waals surface area (Å²) in [7, 11) is -3.48. The van der Waals surface area contributed by atoms with E-state index in [1.807, 2.05) is 25.1 Å². The molecule has 0 atom stereocenters. The number of nitrogens with one attached hydrogen (secondary N) is 1. The zero-order chi connectivity index (χ0) is 13.0. The van der Waals surface area contributed by atoms with Gasteiger partial charge in [-0.2, -0.15) is 0 Å². The monoisotopic (exact) mass is 263 g/mol. The van der Waals surface area contributed by atoms with Crippen LogP contribution < -0.4 is 4.72 Å². The van der Waals surface area contributed by atoms with E-state index >= 15 is 0 Å². The molecule has 0 amide bonds. The number of aromatic nitrogens is 2. The first-order valence-corrected chi connectivity index (χ1v) is 7.03. The van der Waals surface area contributed by atoms with Gasteiger partial charge in [0.2, 0.25) is 16.0 Å². The van der Waals surface area contributed by atoms with E-state index in [0.717, 1.165) is 11.1 Å². The average molecular weight is 263 g/mol. The van der Waals surface area contributed by atoms with E-state index in [-0.39, 0.29) is 11.7 Å². The summed E-state index contributed by atoms with van der Waals surface area (Å²) < 4.78 is 26.1. The maximum Gasteiger partial charge on any atom is 0.239 e. The fraction of sp³-hybridized carbons (Fsp3) is 0.167. The highest BCUT2D eigenvalue weighted by Crippen LogP contribution is 2.10. The van der Waals surface area contributed by atoms with Crippen LogP contribution in [0.25, 0.3) is 0 Å². The number of rotatable bonds is 4. The molecule has 0 spiro atoms. The topological polar surface area (TPSA) is 72.0 Å². The second kappa shape index (κ2) is 5.14. The summed E-state index contributed by atoms with van der Waals surface area (Å²) >= 11 is 0. The Morgan fingerprint density at radius 3 is 2.56 bits per heavy atom. The highest BCUT2D eigenvalue weighted by Gasteiger charge is 2.12. The Kier molecular flexibility index (Phi) is 3.57. The summed E-state index contributed by atoms with van der Waals surface area (Å²) in [5.74, 6) is -0.00224. The van der Waals surface area contributed by atoms with Gasteiger partial charge in [0.15, 0.2) is 0 Å². The van der Waals surface area contributed by atoms with Crippen molar-refractivity contribution in [2.24, 2.45) is 0 Å². The van der Waals surface area contributed by atoms with Crippen molar-refractivity contribution in [2.75, 3.05) is 4.72 Å². The second-order valence-electron chi connectivity index (χ2n) is 3.92. The van der Waals surface area contributed by atoms with Gasteiger partial charge in [-0.3, -0.25) is 4.72 Å². The molecule has 1 aromatic heterocycles. The van der Waals surface area contributed by atoms with Crippen molar-refractivity contribution < 1.29 is 8.42 Å². The molecule has 0 bridgehead atoms. The van der Waals surface area contributed by atoms with Gasteiger partial charge in [0.25, 0.3) is 0 Å². The van der Waals surface area contributed by atoms with Crippen molar-refractivity contribution >= 4 is 16.0 Å². The molecule has 1 N–H and O–H groups in total. The van der Waals surface area contributed by atoms with Gasteiger partial charge < -0.3 is 0 Å². The van der Waals surface area contributed by atoms with E-state index in [1.165, 1.54) is 12.4 Å². The van der Waals surface area contributed by atoms with Crippen LogP contribution in [-0.4, -0.2) is 18.4 Å². The minimum atomic E-state index is -3.48. The summed E-state index contributed by atoms with van der Waals surface area (Å²) in [4.78, 5) is 7.64. The van der Waals surface area contributed by atoms with Crippen LogP contribution in [0.2, 0.25) is 0 Å². The first kappa shape index (κ1) is 12.5. The van der Waals surface area contributed by atoms with Crippen molar-refractivity contribution in [3.05, 3.63) is 53.9 Å². The average Bonchev–Trinajstić information content (AvgIpc) is 2.28. The molecule has 0 saturated heterocycles. The van der Waals surface area contributed by atoms with Gasteiger partial charge in [-0.25, -0.2) is 18.4 Å². The molecule has 0 radical (unpaired) electrons. The summed E-state index contributed by atoms with van der Waals surface area (Å²) in [6, 6.07) is 8.99. The summed E-state index contributed by atoms with van der Waals surface area (Å²) in [5, 5.41) is 0. The molecular weight excluding hydrogens is 250 g/mol. The Hall–Kier alpha value is -1.95. The largest absolute Gasteiger partial charge is 0.251 e. The minimum Gasteiger partial charge on any atom is -0.251 e. The number of anilines is 1. The van der Waals surface area contributed by atoms with Crippen LogP contribution >= 0.6 is 0 Å². The van der Waals surface area contributed by atoms with Gasteiger partial charge in [-0.05, 0) is 18.6 Å². The summed E-state index contributed by atoms with van der Waals surface area (Å²) in [5.41, 5.74) is 1.76. The van der Waals surface area contributed by atoms with E-state index in [4.69, 9.17) is 0 Å². The molecule has 1 aromatic carbocycles. The highest BCUT2D eigenvalue weighted by molar-refractivity contribution is 7.91. The molecule has 6 heteroatoms. The Morgan fingerprint density at radius 1 is 1.17 bits per heavy atom.